The van der Waals surface area contributed by atoms with Gasteiger partial charge in [0.25, 0.3) is 5.91 Å². The third-order valence-electron chi connectivity index (χ3n) is 10.1. The molecule has 47 heavy (non-hydrogen) atoms. The van der Waals surface area contributed by atoms with Gasteiger partial charge in [0.2, 0.25) is 5.91 Å². The van der Waals surface area contributed by atoms with E-state index in [9.17, 15) is 14.4 Å². The Morgan fingerprint density at radius 2 is 1.62 bits per heavy atom. The van der Waals surface area contributed by atoms with Gasteiger partial charge in [-0.1, -0.05) is 35.9 Å². The van der Waals surface area contributed by atoms with Gasteiger partial charge in [0.15, 0.2) is 0 Å². The molecule has 3 aromatic rings. The lowest BCUT2D eigenvalue weighted by Gasteiger charge is -2.32. The number of carbonyl (C=O) groups excluding carboxylic acids is 3. The van der Waals surface area contributed by atoms with Gasteiger partial charge in [0.05, 0.1) is 22.6 Å². The van der Waals surface area contributed by atoms with Crippen LogP contribution in [0.1, 0.15) is 53.5 Å². The zero-order valence-corrected chi connectivity index (χ0v) is 28.6. The maximum atomic E-state index is 13.7. The largest absolute Gasteiger partial charge is 0.446 e. The zero-order chi connectivity index (χ0) is 33.2. The minimum atomic E-state index is -0.375. The summed E-state index contributed by atoms with van der Waals surface area (Å²) in [5.74, 6) is 0.987. The molecule has 2 aromatic carbocycles. The fourth-order valence-electron chi connectivity index (χ4n) is 7.39. The number of amides is 3. The van der Waals surface area contributed by atoms with Crippen molar-refractivity contribution >= 4 is 35.2 Å². The third kappa shape index (κ3) is 7.18. The van der Waals surface area contributed by atoms with Crippen LogP contribution in [0.3, 0.4) is 0 Å². The van der Waals surface area contributed by atoms with Crippen LogP contribution in [0.4, 0.5) is 10.5 Å². The number of rotatable bonds is 8. The van der Waals surface area contributed by atoms with E-state index in [1.807, 2.05) is 78.9 Å². The monoisotopic (exact) mass is 660 g/mol. The standard InChI is InChI=1S/C36H45ClN6O4/c1-24-11-12-31(19-33(24)37)42(36(46)47-32-13-17-40(18-14-32)27(4)44)16-8-15-39-20-28-22-41(23-29(28)21-39)35(45)34-25(2)38-43(26(34)3)30-9-6-5-7-10-30/h5-7,9-12,19,28-29,32H,8,13-18,20-23H2,1-4H3. The predicted molar refractivity (Wildman–Crippen MR) is 182 cm³/mol. The number of halogens is 1. The number of aryl methyl sites for hydroxylation is 2. The van der Waals surface area contributed by atoms with E-state index in [1.165, 1.54) is 0 Å². The summed E-state index contributed by atoms with van der Waals surface area (Å²) in [6.45, 7) is 13.3. The summed E-state index contributed by atoms with van der Waals surface area (Å²) >= 11 is 6.45. The Bertz CT molecular complexity index is 1600. The van der Waals surface area contributed by atoms with Gasteiger partial charge in [-0.3, -0.25) is 14.5 Å². The highest BCUT2D eigenvalue weighted by molar-refractivity contribution is 6.31. The average Bonchev–Trinajstić information content (AvgIpc) is 3.72. The molecule has 0 bridgehead atoms. The molecular formula is C36H45ClN6O4. The summed E-state index contributed by atoms with van der Waals surface area (Å²) in [5, 5.41) is 5.30. The molecule has 0 saturated carbocycles. The van der Waals surface area contributed by atoms with Gasteiger partial charge in [-0.2, -0.15) is 5.10 Å². The highest BCUT2D eigenvalue weighted by atomic mass is 35.5. The molecule has 1 aromatic heterocycles. The van der Waals surface area contributed by atoms with Crippen molar-refractivity contribution in [1.29, 1.82) is 0 Å². The quantitative estimate of drug-likeness (QED) is 0.317. The molecule has 3 saturated heterocycles. The van der Waals surface area contributed by atoms with Crippen LogP contribution in [0, 0.1) is 32.6 Å². The lowest BCUT2D eigenvalue weighted by Crippen LogP contribution is -2.43. The molecule has 10 nitrogen and oxygen atoms in total. The molecular weight excluding hydrogens is 616 g/mol. The first kappa shape index (κ1) is 33.0. The van der Waals surface area contributed by atoms with Crippen LogP contribution in [0.5, 0.6) is 0 Å². The zero-order valence-electron chi connectivity index (χ0n) is 27.8. The summed E-state index contributed by atoms with van der Waals surface area (Å²) < 4.78 is 7.82. The first-order valence-corrected chi connectivity index (χ1v) is 17.1. The Hall–Kier alpha value is -3.89. The number of anilines is 1. The molecule has 11 heteroatoms. The maximum absolute atomic E-state index is 13.7. The number of ether oxygens (including phenoxy) is 1. The van der Waals surface area contributed by atoms with E-state index in [1.54, 1.807) is 16.7 Å². The minimum absolute atomic E-state index is 0.0529. The second-order valence-electron chi connectivity index (χ2n) is 13.3. The van der Waals surface area contributed by atoms with Crippen LogP contribution in [0.25, 0.3) is 5.69 Å². The summed E-state index contributed by atoms with van der Waals surface area (Å²) in [7, 11) is 0. The summed E-state index contributed by atoms with van der Waals surface area (Å²) in [5.41, 5.74) is 4.96. The Balaban J connectivity index is 1.03. The number of hydrogen-bond donors (Lipinski definition) is 0. The number of piperidine rings is 1. The number of aromatic nitrogens is 2. The number of nitrogens with zero attached hydrogens (tertiary/aromatic N) is 6. The summed E-state index contributed by atoms with van der Waals surface area (Å²) in [6.07, 6.45) is 1.46. The highest BCUT2D eigenvalue weighted by Gasteiger charge is 2.42. The van der Waals surface area contributed by atoms with Crippen LogP contribution in [-0.2, 0) is 9.53 Å². The summed E-state index contributed by atoms with van der Waals surface area (Å²) in [6, 6.07) is 15.6. The van der Waals surface area contributed by atoms with Gasteiger partial charge in [0, 0.05) is 76.3 Å². The van der Waals surface area contributed by atoms with E-state index in [2.05, 4.69) is 4.90 Å². The fraction of sp³-hybridized carbons (Fsp3) is 0.500. The van der Waals surface area contributed by atoms with Crippen LogP contribution in [-0.4, -0.2) is 101 Å². The van der Waals surface area contributed by atoms with Crippen molar-refractivity contribution in [3.05, 3.63) is 76.1 Å². The normalized spacial score (nSPS) is 20.0. The van der Waals surface area contributed by atoms with E-state index >= 15 is 0 Å². The Labute approximate surface area is 282 Å². The van der Waals surface area contributed by atoms with E-state index in [0.717, 1.165) is 67.5 Å². The lowest BCUT2D eigenvalue weighted by molar-refractivity contribution is -0.130. The smallest absolute Gasteiger partial charge is 0.414 e. The molecule has 0 radical (unpaired) electrons. The van der Waals surface area contributed by atoms with Crippen molar-refractivity contribution < 1.29 is 19.1 Å². The second-order valence-corrected chi connectivity index (χ2v) is 13.7. The average molecular weight is 661 g/mol. The number of hydrogen-bond acceptors (Lipinski definition) is 6. The Kier molecular flexibility index (Phi) is 9.89. The number of likely N-dealkylation sites (tertiary alicyclic amines) is 3. The molecule has 3 aliphatic rings. The van der Waals surface area contributed by atoms with Gasteiger partial charge in [-0.15, -0.1) is 0 Å². The van der Waals surface area contributed by atoms with Crippen molar-refractivity contribution in [1.82, 2.24) is 24.5 Å². The fourth-order valence-corrected chi connectivity index (χ4v) is 7.57. The molecule has 0 aliphatic carbocycles. The Morgan fingerprint density at radius 1 is 0.936 bits per heavy atom. The van der Waals surface area contributed by atoms with Crippen LogP contribution >= 0.6 is 11.6 Å². The molecule has 6 rings (SSSR count). The maximum Gasteiger partial charge on any atom is 0.414 e. The van der Waals surface area contributed by atoms with E-state index in [-0.39, 0.29) is 24.0 Å². The molecule has 0 spiro atoms. The van der Waals surface area contributed by atoms with E-state index < -0.39 is 0 Å². The van der Waals surface area contributed by atoms with E-state index in [4.69, 9.17) is 21.4 Å². The van der Waals surface area contributed by atoms with Crippen molar-refractivity contribution in [2.24, 2.45) is 11.8 Å². The molecule has 3 fully saturated rings. The molecule has 3 aliphatic heterocycles. The first-order valence-electron chi connectivity index (χ1n) is 16.7. The van der Waals surface area contributed by atoms with Crippen molar-refractivity contribution in [3.63, 3.8) is 0 Å². The lowest BCUT2D eigenvalue weighted by atomic mass is 10.0. The molecule has 2 unspecified atom stereocenters. The Morgan fingerprint density at radius 3 is 2.26 bits per heavy atom. The number of benzene rings is 2. The van der Waals surface area contributed by atoms with Crippen molar-refractivity contribution in [3.8, 4) is 5.69 Å². The van der Waals surface area contributed by atoms with Gasteiger partial charge >= 0.3 is 6.09 Å². The molecule has 0 N–H and O–H groups in total. The van der Waals surface area contributed by atoms with Crippen molar-refractivity contribution in [2.75, 3.05) is 57.3 Å². The summed E-state index contributed by atoms with van der Waals surface area (Å²) in [4.78, 5) is 46.9. The number of carbonyl (C=O) groups is 3. The van der Waals surface area contributed by atoms with Crippen LogP contribution in [0.2, 0.25) is 5.02 Å². The predicted octanol–water partition coefficient (Wildman–Crippen LogP) is 5.50. The number of para-hydroxylation sites is 1. The van der Waals surface area contributed by atoms with Crippen LogP contribution in [0.15, 0.2) is 48.5 Å². The minimum Gasteiger partial charge on any atom is -0.446 e. The molecule has 2 atom stereocenters. The number of fused-ring (bicyclic) bond motifs is 1. The highest BCUT2D eigenvalue weighted by Crippen LogP contribution is 2.33. The van der Waals surface area contributed by atoms with Crippen LogP contribution < -0.4 is 4.90 Å². The SMILES string of the molecule is CC(=O)N1CCC(OC(=O)N(CCCN2CC3CN(C(=O)c4c(C)nn(-c5ccccc5)c4C)CC3C2)c2ccc(C)c(Cl)c2)CC1. The molecule has 3 amide bonds. The van der Waals surface area contributed by atoms with Gasteiger partial charge in [-0.05, 0) is 75.4 Å². The van der Waals surface area contributed by atoms with Crippen molar-refractivity contribution in [2.45, 2.75) is 53.1 Å². The van der Waals surface area contributed by atoms with E-state index in [0.29, 0.717) is 54.9 Å². The topological polar surface area (TPSA) is 91.2 Å². The second kappa shape index (κ2) is 14.1. The molecule has 4 heterocycles. The molecule has 250 valence electrons. The van der Waals surface area contributed by atoms with Gasteiger partial charge in [0.1, 0.15) is 6.10 Å². The first-order chi connectivity index (χ1) is 22.6. The third-order valence-corrected chi connectivity index (χ3v) is 10.5. The van der Waals surface area contributed by atoms with Gasteiger partial charge < -0.3 is 19.4 Å². The van der Waals surface area contributed by atoms with Gasteiger partial charge in [-0.25, -0.2) is 9.48 Å².